The van der Waals surface area contributed by atoms with Gasteiger partial charge in [0.1, 0.15) is 0 Å². The normalized spacial score (nSPS) is 13.8. The zero-order valence-corrected chi connectivity index (χ0v) is 10.9. The summed E-state index contributed by atoms with van der Waals surface area (Å²) in [6.07, 6.45) is -1.68. The number of benzene rings is 1. The zero-order chi connectivity index (χ0) is 15.3. The van der Waals surface area contributed by atoms with Crippen molar-refractivity contribution < 1.29 is 25.1 Å². The molecule has 8 heteroatoms. The molecule has 110 valence electrons. The molecule has 0 aliphatic heterocycles. The summed E-state index contributed by atoms with van der Waals surface area (Å²) in [5.41, 5.74) is 5.49. The Hall–Kier alpha value is -2.00. The first kappa shape index (κ1) is 16.1. The average Bonchev–Trinajstić information content (AvgIpc) is 2.43. The molecule has 0 unspecified atom stereocenters. The lowest BCUT2D eigenvalue weighted by Gasteiger charge is -2.27. The van der Waals surface area contributed by atoms with Crippen LogP contribution < -0.4 is 5.73 Å². The van der Waals surface area contributed by atoms with E-state index in [1.807, 2.05) is 0 Å². The minimum atomic E-state index is -1.82. The lowest BCUT2D eigenvalue weighted by molar-refractivity contribution is -0.179. The van der Waals surface area contributed by atoms with Crippen molar-refractivity contribution in [1.29, 1.82) is 0 Å². The Morgan fingerprint density at radius 3 is 2.25 bits per heavy atom. The quantitative estimate of drug-likeness (QED) is 0.429. The highest BCUT2D eigenvalue weighted by Gasteiger charge is 2.34. The second-order valence-corrected chi connectivity index (χ2v) is 4.26. The number of hydroxylamine groups is 4. The van der Waals surface area contributed by atoms with Gasteiger partial charge in [-0.2, -0.15) is 5.06 Å². The van der Waals surface area contributed by atoms with E-state index in [9.17, 15) is 19.9 Å². The molecule has 5 N–H and O–H groups in total. The van der Waals surface area contributed by atoms with Crippen LogP contribution in [0.2, 0.25) is 0 Å². The predicted octanol–water partition coefficient (Wildman–Crippen LogP) is -0.424. The van der Waals surface area contributed by atoms with Crippen LogP contribution in [0.4, 0.5) is 4.79 Å². The summed E-state index contributed by atoms with van der Waals surface area (Å²) in [5, 5.41) is 28.8. The number of likely N-dealkylation sites (N-methyl/N-ethyl adjacent to an activating group) is 1. The molecular weight excluding hydrogens is 266 g/mol. The number of amides is 3. The second kappa shape index (κ2) is 6.96. The molecule has 8 nitrogen and oxygen atoms in total. The minimum Gasteiger partial charge on any atom is -0.381 e. The van der Waals surface area contributed by atoms with Crippen LogP contribution in [0.3, 0.4) is 0 Å². The Bertz CT molecular complexity index is 465. The molecule has 0 saturated carbocycles. The molecule has 2 atom stereocenters. The van der Waals surface area contributed by atoms with Gasteiger partial charge in [-0.1, -0.05) is 30.3 Å². The molecule has 0 aromatic heterocycles. The SMILES string of the molecule is CN(O)[C@@H](Cc1ccccc1)[C@@H](O)C(=O)N(O)C(N)=O. The van der Waals surface area contributed by atoms with Gasteiger partial charge < -0.3 is 16.0 Å². The smallest absolute Gasteiger partial charge is 0.346 e. The highest BCUT2D eigenvalue weighted by molar-refractivity contribution is 5.94. The van der Waals surface area contributed by atoms with Crippen LogP contribution in [-0.2, 0) is 11.2 Å². The van der Waals surface area contributed by atoms with Gasteiger partial charge in [-0.25, -0.2) is 4.79 Å². The van der Waals surface area contributed by atoms with Gasteiger partial charge in [-0.05, 0) is 12.0 Å². The van der Waals surface area contributed by atoms with Gasteiger partial charge in [-0.3, -0.25) is 10.0 Å². The highest BCUT2D eigenvalue weighted by atomic mass is 16.5. The van der Waals surface area contributed by atoms with Crippen LogP contribution in [0.5, 0.6) is 0 Å². The summed E-state index contributed by atoms with van der Waals surface area (Å²) < 4.78 is 0. The Morgan fingerprint density at radius 2 is 1.80 bits per heavy atom. The Kier molecular flexibility index (Phi) is 5.59. The number of urea groups is 1. The number of aliphatic hydroxyl groups excluding tert-OH is 1. The summed E-state index contributed by atoms with van der Waals surface area (Å²) in [6, 6.07) is 6.37. The van der Waals surface area contributed by atoms with E-state index >= 15 is 0 Å². The van der Waals surface area contributed by atoms with Crippen LogP contribution in [-0.4, -0.2) is 56.8 Å². The van der Waals surface area contributed by atoms with Crippen LogP contribution in [0.15, 0.2) is 30.3 Å². The molecule has 1 rings (SSSR count). The van der Waals surface area contributed by atoms with Gasteiger partial charge >= 0.3 is 6.03 Å². The van der Waals surface area contributed by atoms with Crippen molar-refractivity contribution in [3.05, 3.63) is 35.9 Å². The number of imide groups is 1. The lowest BCUT2D eigenvalue weighted by atomic mass is 10.0. The summed E-state index contributed by atoms with van der Waals surface area (Å²) in [6.45, 7) is 0. The predicted molar refractivity (Wildman–Crippen MR) is 67.7 cm³/mol. The van der Waals surface area contributed by atoms with Crippen LogP contribution in [0.1, 0.15) is 5.56 Å². The van der Waals surface area contributed by atoms with Crippen molar-refractivity contribution in [2.45, 2.75) is 18.6 Å². The summed E-state index contributed by atoms with van der Waals surface area (Å²) >= 11 is 0. The van der Waals surface area contributed by atoms with E-state index in [1.165, 1.54) is 7.05 Å². The van der Waals surface area contributed by atoms with E-state index in [0.717, 1.165) is 5.56 Å². The standard InChI is InChI=1S/C12H17N3O5/c1-14(19)9(7-8-5-3-2-4-6-8)10(16)11(17)15(20)12(13)18/h2-6,9-10,16,19-20H,7H2,1H3,(H2,13,18)/t9-,10+/m0/s1. The minimum absolute atomic E-state index is 0.132. The fraction of sp³-hybridized carbons (Fsp3) is 0.333. The summed E-state index contributed by atoms with van der Waals surface area (Å²) in [5.74, 6) is -1.31. The number of nitrogens with two attached hydrogens (primary N) is 1. The largest absolute Gasteiger partial charge is 0.381 e. The van der Waals surface area contributed by atoms with E-state index in [0.29, 0.717) is 5.06 Å². The van der Waals surface area contributed by atoms with E-state index in [2.05, 4.69) is 0 Å². The van der Waals surface area contributed by atoms with E-state index in [-0.39, 0.29) is 11.5 Å². The first-order valence-corrected chi connectivity index (χ1v) is 5.80. The van der Waals surface area contributed by atoms with Crippen molar-refractivity contribution in [2.24, 2.45) is 5.73 Å². The second-order valence-electron chi connectivity index (χ2n) is 4.26. The Labute approximate surface area is 115 Å². The van der Waals surface area contributed by atoms with Crippen LogP contribution in [0.25, 0.3) is 0 Å². The van der Waals surface area contributed by atoms with E-state index in [1.54, 1.807) is 30.3 Å². The first-order chi connectivity index (χ1) is 9.34. The zero-order valence-electron chi connectivity index (χ0n) is 10.9. The number of hydrogen-bond acceptors (Lipinski definition) is 6. The van der Waals surface area contributed by atoms with Crippen LogP contribution in [0, 0.1) is 0 Å². The molecule has 0 heterocycles. The number of rotatable bonds is 5. The van der Waals surface area contributed by atoms with Crippen molar-refractivity contribution in [1.82, 2.24) is 10.1 Å². The molecule has 1 aromatic rings. The molecule has 1 aromatic carbocycles. The third-order valence-electron chi connectivity index (χ3n) is 2.80. The molecule has 0 bridgehead atoms. The fourth-order valence-corrected chi connectivity index (χ4v) is 1.70. The van der Waals surface area contributed by atoms with E-state index < -0.39 is 24.1 Å². The Balaban J connectivity index is 2.85. The molecule has 0 spiro atoms. The van der Waals surface area contributed by atoms with E-state index in [4.69, 9.17) is 10.9 Å². The van der Waals surface area contributed by atoms with Gasteiger partial charge in [0.2, 0.25) is 0 Å². The molecule has 0 aliphatic rings. The topological polar surface area (TPSA) is 127 Å². The molecule has 20 heavy (non-hydrogen) atoms. The highest BCUT2D eigenvalue weighted by Crippen LogP contribution is 2.12. The lowest BCUT2D eigenvalue weighted by Crippen LogP contribution is -2.52. The van der Waals surface area contributed by atoms with Gasteiger partial charge in [0, 0.05) is 7.05 Å². The third kappa shape index (κ3) is 4.00. The summed E-state index contributed by atoms with van der Waals surface area (Å²) in [4.78, 5) is 22.3. The third-order valence-corrected chi connectivity index (χ3v) is 2.80. The Morgan fingerprint density at radius 1 is 1.25 bits per heavy atom. The van der Waals surface area contributed by atoms with Crippen molar-refractivity contribution in [3.8, 4) is 0 Å². The van der Waals surface area contributed by atoms with Crippen molar-refractivity contribution in [2.75, 3.05) is 7.05 Å². The number of carbonyl (C=O) groups excluding carboxylic acids is 2. The molecule has 3 amide bonds. The molecule has 0 radical (unpaired) electrons. The van der Waals surface area contributed by atoms with Gasteiger partial charge in [-0.15, -0.1) is 5.06 Å². The monoisotopic (exact) mass is 283 g/mol. The summed E-state index contributed by atoms with van der Waals surface area (Å²) in [7, 11) is 1.25. The van der Waals surface area contributed by atoms with Crippen molar-refractivity contribution >= 4 is 11.9 Å². The first-order valence-electron chi connectivity index (χ1n) is 5.80. The average molecular weight is 283 g/mol. The van der Waals surface area contributed by atoms with Gasteiger partial charge in [0.05, 0.1) is 6.04 Å². The number of aliphatic hydroxyl groups is 1. The number of hydrogen-bond donors (Lipinski definition) is 4. The maximum atomic E-state index is 11.6. The molecule has 0 aliphatic carbocycles. The number of primary amides is 1. The molecule has 0 fully saturated rings. The van der Waals surface area contributed by atoms with Crippen LogP contribution >= 0.6 is 0 Å². The fourth-order valence-electron chi connectivity index (χ4n) is 1.70. The molecule has 0 saturated heterocycles. The van der Waals surface area contributed by atoms with Gasteiger partial charge in [0.25, 0.3) is 5.91 Å². The van der Waals surface area contributed by atoms with Gasteiger partial charge in [0.15, 0.2) is 6.10 Å². The number of nitrogens with zero attached hydrogens (tertiary/aromatic N) is 2. The van der Waals surface area contributed by atoms with Crippen molar-refractivity contribution in [3.63, 3.8) is 0 Å². The molecular formula is C12H17N3O5. The maximum Gasteiger partial charge on any atom is 0.346 e. The number of carbonyl (C=O) groups is 2. The maximum absolute atomic E-state index is 11.6.